The van der Waals surface area contributed by atoms with Crippen LogP contribution in [-0.4, -0.2) is 32.3 Å². The van der Waals surface area contributed by atoms with E-state index in [1.54, 1.807) is 0 Å². The zero-order valence-corrected chi connectivity index (χ0v) is 10.4. The van der Waals surface area contributed by atoms with Crippen LogP contribution in [0.5, 0.6) is 0 Å². The summed E-state index contributed by atoms with van der Waals surface area (Å²) in [7, 11) is 2.06. The van der Waals surface area contributed by atoms with E-state index in [-0.39, 0.29) is 6.04 Å². The van der Waals surface area contributed by atoms with Crippen LogP contribution < -0.4 is 10.6 Å². The molecule has 1 heterocycles. The highest BCUT2D eigenvalue weighted by atomic mass is 16.5. The lowest BCUT2D eigenvalue weighted by Crippen LogP contribution is -2.28. The Morgan fingerprint density at radius 2 is 2.12 bits per heavy atom. The molecule has 1 aromatic rings. The molecule has 4 nitrogen and oxygen atoms in total. The summed E-state index contributed by atoms with van der Waals surface area (Å²) in [5.41, 5.74) is 8.04. The molecule has 92 valence electrons. The maximum Gasteiger partial charge on any atom is 0.282 e. The average Bonchev–Trinajstić information content (AvgIpc) is 2.75. The van der Waals surface area contributed by atoms with Gasteiger partial charge >= 0.3 is 0 Å². The van der Waals surface area contributed by atoms with Gasteiger partial charge in [0.15, 0.2) is 0 Å². The predicted octanol–water partition coefficient (Wildman–Crippen LogP) is 1.40. The highest BCUT2D eigenvalue weighted by Gasteiger charge is 2.18. The van der Waals surface area contributed by atoms with E-state index in [0.717, 1.165) is 13.0 Å². The van der Waals surface area contributed by atoms with Crippen molar-refractivity contribution in [2.45, 2.75) is 19.4 Å². The van der Waals surface area contributed by atoms with Gasteiger partial charge in [0.25, 0.3) is 6.02 Å². The first-order valence-corrected chi connectivity index (χ1v) is 5.95. The van der Waals surface area contributed by atoms with Gasteiger partial charge < -0.3 is 15.4 Å². The number of aryl methyl sites for hydroxylation is 1. The predicted molar refractivity (Wildman–Crippen MR) is 70.5 cm³/mol. The van der Waals surface area contributed by atoms with Crippen LogP contribution >= 0.6 is 0 Å². The van der Waals surface area contributed by atoms with E-state index in [9.17, 15) is 0 Å². The molecule has 0 spiro atoms. The minimum Gasteiger partial charge on any atom is -0.463 e. The van der Waals surface area contributed by atoms with Crippen molar-refractivity contribution >= 4 is 11.7 Å². The number of hydrogen-bond donors (Lipinski definition) is 1. The fourth-order valence-corrected chi connectivity index (χ4v) is 1.94. The molecular formula is C13H19N3O. The molecule has 0 saturated carbocycles. The molecule has 0 aliphatic carbocycles. The standard InChI is InChI=1S/C13H19N3O/c1-3-10-4-6-12(7-5-10)16(2)8-11-9-17-13(14)15-11/h4-7,11H,3,8-9H2,1-2H3,(H2,14,15). The Morgan fingerprint density at radius 3 is 2.65 bits per heavy atom. The van der Waals surface area contributed by atoms with E-state index in [0.29, 0.717) is 12.6 Å². The van der Waals surface area contributed by atoms with E-state index in [4.69, 9.17) is 10.5 Å². The van der Waals surface area contributed by atoms with E-state index in [1.165, 1.54) is 11.3 Å². The number of aliphatic imine (C=N–C) groups is 1. The number of nitrogens with two attached hydrogens (primary N) is 1. The molecule has 1 atom stereocenters. The number of rotatable bonds is 4. The van der Waals surface area contributed by atoms with Gasteiger partial charge in [-0.1, -0.05) is 19.1 Å². The molecule has 1 aliphatic heterocycles. The third-order valence-corrected chi connectivity index (χ3v) is 3.00. The van der Waals surface area contributed by atoms with Gasteiger partial charge in [-0.25, -0.2) is 4.99 Å². The van der Waals surface area contributed by atoms with E-state index >= 15 is 0 Å². The minimum absolute atomic E-state index is 0.144. The minimum atomic E-state index is 0.144. The van der Waals surface area contributed by atoms with Crippen LogP contribution in [0.2, 0.25) is 0 Å². The van der Waals surface area contributed by atoms with Crippen molar-refractivity contribution in [2.75, 3.05) is 25.1 Å². The monoisotopic (exact) mass is 233 g/mol. The van der Waals surface area contributed by atoms with Gasteiger partial charge in [0.05, 0.1) is 0 Å². The summed E-state index contributed by atoms with van der Waals surface area (Å²) in [5.74, 6) is 0. The van der Waals surface area contributed by atoms with Gasteiger partial charge in [-0.05, 0) is 24.1 Å². The van der Waals surface area contributed by atoms with Crippen LogP contribution in [0.3, 0.4) is 0 Å². The van der Waals surface area contributed by atoms with Crippen molar-refractivity contribution in [1.29, 1.82) is 0 Å². The van der Waals surface area contributed by atoms with E-state index in [1.807, 2.05) is 0 Å². The first kappa shape index (κ1) is 11.8. The Labute approximate surface area is 102 Å². The number of likely N-dealkylation sites (N-methyl/N-ethyl adjacent to an activating group) is 1. The molecular weight excluding hydrogens is 214 g/mol. The first-order valence-electron chi connectivity index (χ1n) is 5.95. The van der Waals surface area contributed by atoms with Gasteiger partial charge in [0.1, 0.15) is 12.6 Å². The molecule has 0 radical (unpaired) electrons. The molecule has 4 heteroatoms. The lowest BCUT2D eigenvalue weighted by atomic mass is 10.1. The fraction of sp³-hybridized carbons (Fsp3) is 0.462. The average molecular weight is 233 g/mol. The van der Waals surface area contributed by atoms with Crippen molar-refractivity contribution in [3.8, 4) is 0 Å². The highest BCUT2D eigenvalue weighted by molar-refractivity contribution is 5.73. The SMILES string of the molecule is CCc1ccc(N(C)CC2COC(N)=N2)cc1. The topological polar surface area (TPSA) is 50.9 Å². The molecule has 1 aliphatic rings. The second-order valence-electron chi connectivity index (χ2n) is 4.33. The van der Waals surface area contributed by atoms with Gasteiger partial charge in [-0.15, -0.1) is 0 Å². The third-order valence-electron chi connectivity index (χ3n) is 3.00. The van der Waals surface area contributed by atoms with Crippen molar-refractivity contribution < 1.29 is 4.74 Å². The summed E-state index contributed by atoms with van der Waals surface area (Å²) in [6.45, 7) is 3.57. The normalized spacial score (nSPS) is 18.7. The first-order chi connectivity index (χ1) is 8.19. The van der Waals surface area contributed by atoms with E-state index in [2.05, 4.69) is 48.1 Å². The van der Waals surface area contributed by atoms with Crippen molar-refractivity contribution in [3.63, 3.8) is 0 Å². The molecule has 17 heavy (non-hydrogen) atoms. The maximum absolute atomic E-state index is 5.49. The van der Waals surface area contributed by atoms with Crippen LogP contribution in [-0.2, 0) is 11.2 Å². The molecule has 0 amide bonds. The van der Waals surface area contributed by atoms with E-state index < -0.39 is 0 Å². The molecule has 0 bridgehead atoms. The van der Waals surface area contributed by atoms with Gasteiger partial charge in [0.2, 0.25) is 0 Å². The summed E-state index contributed by atoms with van der Waals surface area (Å²) in [6, 6.07) is 9.06. The summed E-state index contributed by atoms with van der Waals surface area (Å²) in [6.07, 6.45) is 1.07. The molecule has 0 aromatic heterocycles. The quantitative estimate of drug-likeness (QED) is 0.855. The number of hydrogen-bond acceptors (Lipinski definition) is 4. The molecule has 0 fully saturated rings. The van der Waals surface area contributed by atoms with Crippen LogP contribution in [0.15, 0.2) is 29.3 Å². The van der Waals surface area contributed by atoms with Crippen LogP contribution in [0.25, 0.3) is 0 Å². The molecule has 1 aromatic carbocycles. The van der Waals surface area contributed by atoms with Crippen molar-refractivity contribution in [3.05, 3.63) is 29.8 Å². The number of benzene rings is 1. The fourth-order valence-electron chi connectivity index (χ4n) is 1.94. The summed E-state index contributed by atoms with van der Waals surface area (Å²) < 4.78 is 5.14. The van der Waals surface area contributed by atoms with Crippen LogP contribution in [0.1, 0.15) is 12.5 Å². The van der Waals surface area contributed by atoms with Crippen LogP contribution in [0, 0.1) is 0 Å². The second-order valence-corrected chi connectivity index (χ2v) is 4.33. The number of anilines is 1. The van der Waals surface area contributed by atoms with Gasteiger partial charge in [-0.2, -0.15) is 0 Å². The highest BCUT2D eigenvalue weighted by Crippen LogP contribution is 2.15. The third kappa shape index (κ3) is 2.90. The van der Waals surface area contributed by atoms with Gasteiger partial charge in [0, 0.05) is 19.3 Å². The Hall–Kier alpha value is -1.71. The lowest BCUT2D eigenvalue weighted by molar-refractivity contribution is 0.314. The molecule has 0 saturated heterocycles. The Kier molecular flexibility index (Phi) is 3.52. The summed E-state index contributed by atoms with van der Waals surface area (Å²) >= 11 is 0. The molecule has 2 N–H and O–H groups in total. The molecule has 1 unspecified atom stereocenters. The Balaban J connectivity index is 1.97. The zero-order chi connectivity index (χ0) is 12.3. The largest absolute Gasteiger partial charge is 0.463 e. The Morgan fingerprint density at radius 1 is 1.41 bits per heavy atom. The van der Waals surface area contributed by atoms with Crippen molar-refractivity contribution in [1.82, 2.24) is 0 Å². The number of nitrogens with zero attached hydrogens (tertiary/aromatic N) is 2. The lowest BCUT2D eigenvalue weighted by Gasteiger charge is -2.21. The second kappa shape index (κ2) is 5.08. The number of ether oxygens (including phenoxy) is 1. The molecule has 2 rings (SSSR count). The van der Waals surface area contributed by atoms with Crippen molar-refractivity contribution in [2.24, 2.45) is 10.7 Å². The van der Waals surface area contributed by atoms with Gasteiger partial charge in [-0.3, -0.25) is 0 Å². The summed E-state index contributed by atoms with van der Waals surface area (Å²) in [5, 5.41) is 0. The smallest absolute Gasteiger partial charge is 0.282 e. The van der Waals surface area contributed by atoms with Crippen LogP contribution in [0.4, 0.5) is 5.69 Å². The Bertz CT molecular complexity index is 400. The zero-order valence-electron chi connectivity index (χ0n) is 10.4. The number of amidine groups is 1. The summed E-state index contributed by atoms with van der Waals surface area (Å²) in [4.78, 5) is 6.39. The maximum atomic E-state index is 5.49.